The third kappa shape index (κ3) is 2.50. The van der Waals surface area contributed by atoms with Crippen LogP contribution in [0.4, 0.5) is 0 Å². The number of halogens is 1. The third-order valence-corrected chi connectivity index (χ3v) is 4.11. The molecule has 0 fully saturated rings. The quantitative estimate of drug-likeness (QED) is 0.778. The van der Waals surface area contributed by atoms with Crippen LogP contribution in [-0.2, 0) is 9.53 Å². The van der Waals surface area contributed by atoms with Crippen molar-refractivity contribution in [2.24, 2.45) is 0 Å². The molecule has 0 atom stereocenters. The van der Waals surface area contributed by atoms with E-state index in [1.54, 1.807) is 17.8 Å². The summed E-state index contributed by atoms with van der Waals surface area (Å²) in [5.74, 6) is -0.260. The van der Waals surface area contributed by atoms with Gasteiger partial charge in [-0.2, -0.15) is 0 Å². The number of esters is 1. The van der Waals surface area contributed by atoms with Crippen LogP contribution in [-0.4, -0.2) is 11.6 Å². The van der Waals surface area contributed by atoms with Crippen LogP contribution in [0.3, 0.4) is 0 Å². The van der Waals surface area contributed by atoms with Crippen LogP contribution < -0.4 is 0 Å². The molecule has 1 aromatic rings. The summed E-state index contributed by atoms with van der Waals surface area (Å²) in [7, 11) is 0. The van der Waals surface area contributed by atoms with E-state index in [1.807, 2.05) is 38.1 Å². The Labute approximate surface area is 107 Å². The Hall–Kier alpha value is -0.740. The maximum absolute atomic E-state index is 11.2. The summed E-state index contributed by atoms with van der Waals surface area (Å²) in [6.07, 6.45) is 1.56. The molecule has 1 aliphatic rings. The summed E-state index contributed by atoms with van der Waals surface area (Å²) >= 11 is 4.95. The van der Waals surface area contributed by atoms with Gasteiger partial charge in [0.05, 0.1) is 0 Å². The molecule has 1 aromatic carbocycles. The summed E-state index contributed by atoms with van der Waals surface area (Å²) in [4.78, 5) is 13.2. The molecule has 1 aliphatic heterocycles. The molecule has 0 N–H and O–H groups in total. The van der Waals surface area contributed by atoms with E-state index in [0.29, 0.717) is 0 Å². The molecule has 0 spiro atoms. The molecule has 0 aliphatic carbocycles. The van der Waals surface area contributed by atoms with Gasteiger partial charge in [0.2, 0.25) is 0 Å². The van der Waals surface area contributed by atoms with Gasteiger partial charge in [0.1, 0.15) is 5.60 Å². The average molecular weight is 299 g/mol. The van der Waals surface area contributed by atoms with E-state index in [4.69, 9.17) is 4.74 Å². The summed E-state index contributed by atoms with van der Waals surface area (Å²) in [5, 5.41) is 0. The number of hydrogen-bond acceptors (Lipinski definition) is 3. The van der Waals surface area contributed by atoms with Crippen molar-refractivity contribution in [1.82, 2.24) is 0 Å². The van der Waals surface area contributed by atoms with Crippen molar-refractivity contribution >= 4 is 33.7 Å². The Balaban J connectivity index is 2.19. The van der Waals surface area contributed by atoms with E-state index in [0.717, 1.165) is 14.3 Å². The highest BCUT2D eigenvalue weighted by atomic mass is 79.9. The molecule has 2 rings (SSSR count). The van der Waals surface area contributed by atoms with E-state index in [9.17, 15) is 4.79 Å². The molecule has 16 heavy (non-hydrogen) atoms. The molecule has 0 saturated carbocycles. The molecule has 0 radical (unpaired) electrons. The van der Waals surface area contributed by atoms with E-state index < -0.39 is 5.60 Å². The Kier molecular flexibility index (Phi) is 3.13. The smallest absolute Gasteiger partial charge is 0.332 e. The summed E-state index contributed by atoms with van der Waals surface area (Å²) in [5.41, 5.74) is -0.505. The van der Waals surface area contributed by atoms with Gasteiger partial charge in [0.15, 0.2) is 0 Å². The molecule has 0 unspecified atom stereocenters. The zero-order valence-electron chi connectivity index (χ0n) is 8.99. The van der Waals surface area contributed by atoms with Crippen LogP contribution >= 0.6 is 27.7 Å². The van der Waals surface area contributed by atoms with E-state index in [1.165, 1.54) is 0 Å². The lowest BCUT2D eigenvalue weighted by atomic mass is 10.1. The highest BCUT2D eigenvalue weighted by molar-refractivity contribution is 9.10. The van der Waals surface area contributed by atoms with Gasteiger partial charge in [-0.15, -0.1) is 0 Å². The summed E-state index contributed by atoms with van der Waals surface area (Å²) in [6, 6.07) is 7.98. The monoisotopic (exact) mass is 298 g/mol. The van der Waals surface area contributed by atoms with Crippen molar-refractivity contribution in [3.05, 3.63) is 39.7 Å². The van der Waals surface area contributed by atoms with Crippen LogP contribution in [0.25, 0.3) is 0 Å². The van der Waals surface area contributed by atoms with E-state index in [2.05, 4.69) is 15.9 Å². The third-order valence-electron chi connectivity index (χ3n) is 2.24. The molecule has 84 valence electrons. The van der Waals surface area contributed by atoms with Crippen LogP contribution in [0, 0.1) is 0 Å². The van der Waals surface area contributed by atoms with Crippen molar-refractivity contribution in [3.8, 4) is 0 Å². The molecule has 0 bridgehead atoms. The molecular formula is C12H11BrO2S. The largest absolute Gasteiger partial charge is 0.451 e. The normalized spacial score (nSPS) is 18.2. The van der Waals surface area contributed by atoms with Crippen LogP contribution in [0.5, 0.6) is 0 Å². The Bertz CT molecular complexity index is 449. The fraction of sp³-hybridized carbons (Fsp3) is 0.250. The highest BCUT2D eigenvalue weighted by Gasteiger charge is 2.34. The maximum atomic E-state index is 11.2. The number of ether oxygens (including phenoxy) is 1. The molecular weight excluding hydrogens is 288 g/mol. The standard InChI is InChI=1S/C12H11BrO2S/c1-12(2)10(7-11(14)15-12)16-9-5-3-8(13)4-6-9/h3-7H,1-2H3. The molecule has 4 heteroatoms. The van der Waals surface area contributed by atoms with Gasteiger partial charge in [-0.05, 0) is 38.1 Å². The average Bonchev–Trinajstić information content (AvgIpc) is 2.43. The predicted octanol–water partition coefficient (Wildman–Crippen LogP) is 3.76. The first kappa shape index (κ1) is 11.7. The van der Waals surface area contributed by atoms with Crippen molar-refractivity contribution in [3.63, 3.8) is 0 Å². The first-order chi connectivity index (χ1) is 7.47. The zero-order chi connectivity index (χ0) is 11.8. The van der Waals surface area contributed by atoms with Gasteiger partial charge in [0, 0.05) is 20.3 Å². The lowest BCUT2D eigenvalue weighted by Crippen LogP contribution is -2.21. The minimum atomic E-state index is -0.505. The van der Waals surface area contributed by atoms with Gasteiger partial charge in [-0.25, -0.2) is 4.79 Å². The molecule has 1 heterocycles. The summed E-state index contributed by atoms with van der Waals surface area (Å²) < 4.78 is 6.24. The number of carbonyl (C=O) groups excluding carboxylic acids is 1. The molecule has 0 saturated heterocycles. The Morgan fingerprint density at radius 3 is 2.38 bits per heavy atom. The number of hydrogen-bond donors (Lipinski definition) is 0. The van der Waals surface area contributed by atoms with Gasteiger partial charge in [-0.1, -0.05) is 27.7 Å². The predicted molar refractivity (Wildman–Crippen MR) is 68.3 cm³/mol. The second-order valence-electron chi connectivity index (χ2n) is 4.00. The SMILES string of the molecule is CC1(C)OC(=O)C=C1Sc1ccc(Br)cc1. The van der Waals surface area contributed by atoms with E-state index >= 15 is 0 Å². The number of carbonyl (C=O) groups is 1. The molecule has 2 nitrogen and oxygen atoms in total. The molecule has 0 amide bonds. The van der Waals surface area contributed by atoms with Gasteiger partial charge in [-0.3, -0.25) is 0 Å². The van der Waals surface area contributed by atoms with E-state index in [-0.39, 0.29) is 5.97 Å². The van der Waals surface area contributed by atoms with Crippen LogP contribution in [0.2, 0.25) is 0 Å². The second kappa shape index (κ2) is 4.26. The minimum Gasteiger partial charge on any atom is -0.451 e. The van der Waals surface area contributed by atoms with Crippen molar-refractivity contribution in [2.75, 3.05) is 0 Å². The van der Waals surface area contributed by atoms with Gasteiger partial charge >= 0.3 is 5.97 Å². The zero-order valence-corrected chi connectivity index (χ0v) is 11.4. The first-order valence-electron chi connectivity index (χ1n) is 4.86. The number of rotatable bonds is 2. The Morgan fingerprint density at radius 1 is 1.25 bits per heavy atom. The number of thioether (sulfide) groups is 1. The van der Waals surface area contributed by atoms with Crippen LogP contribution in [0.1, 0.15) is 13.8 Å². The number of cyclic esters (lactones) is 1. The lowest BCUT2D eigenvalue weighted by molar-refractivity contribution is -0.143. The Morgan fingerprint density at radius 2 is 1.88 bits per heavy atom. The fourth-order valence-electron chi connectivity index (χ4n) is 1.39. The topological polar surface area (TPSA) is 26.3 Å². The van der Waals surface area contributed by atoms with Crippen molar-refractivity contribution in [2.45, 2.75) is 24.3 Å². The summed E-state index contributed by atoms with van der Waals surface area (Å²) in [6.45, 7) is 3.80. The van der Waals surface area contributed by atoms with Crippen LogP contribution in [0.15, 0.2) is 44.6 Å². The van der Waals surface area contributed by atoms with Gasteiger partial charge in [0.25, 0.3) is 0 Å². The van der Waals surface area contributed by atoms with Crippen molar-refractivity contribution < 1.29 is 9.53 Å². The van der Waals surface area contributed by atoms with Crippen molar-refractivity contribution in [1.29, 1.82) is 0 Å². The van der Waals surface area contributed by atoms with Gasteiger partial charge < -0.3 is 4.74 Å². The minimum absolute atomic E-state index is 0.260. The fourth-order valence-corrected chi connectivity index (χ4v) is 2.63. The first-order valence-corrected chi connectivity index (χ1v) is 6.47. The molecule has 0 aromatic heterocycles. The second-order valence-corrected chi connectivity index (χ2v) is 6.03. The highest BCUT2D eigenvalue weighted by Crippen LogP contribution is 2.39. The number of benzene rings is 1. The maximum Gasteiger partial charge on any atom is 0.332 e. The lowest BCUT2D eigenvalue weighted by Gasteiger charge is -2.20.